The van der Waals surface area contributed by atoms with Crippen molar-refractivity contribution in [3.05, 3.63) is 51.1 Å². The second kappa shape index (κ2) is 11.7. The molecule has 1 aliphatic rings. The van der Waals surface area contributed by atoms with Crippen molar-refractivity contribution in [2.75, 3.05) is 11.1 Å². The maximum absolute atomic E-state index is 12.9. The van der Waals surface area contributed by atoms with E-state index < -0.39 is 6.10 Å². The summed E-state index contributed by atoms with van der Waals surface area (Å²) in [6, 6.07) is 7.24. The van der Waals surface area contributed by atoms with Gasteiger partial charge < -0.3 is 19.4 Å². The molecule has 11 heteroatoms. The van der Waals surface area contributed by atoms with Crippen LogP contribution < -0.4 is 10.1 Å². The van der Waals surface area contributed by atoms with Gasteiger partial charge in [0.2, 0.25) is 5.91 Å². The third-order valence-corrected chi connectivity index (χ3v) is 8.22. The smallest absolute Gasteiger partial charge is 0.341 e. The number of esters is 1. The third-order valence-electron chi connectivity index (χ3n) is 5.68. The van der Waals surface area contributed by atoms with E-state index >= 15 is 0 Å². The molecule has 0 aliphatic heterocycles. The lowest BCUT2D eigenvalue weighted by molar-refractivity contribution is -0.113. The molecule has 2 heterocycles. The number of para-hydroxylation sites is 1. The van der Waals surface area contributed by atoms with Crippen LogP contribution in [0.25, 0.3) is 0 Å². The van der Waals surface area contributed by atoms with Crippen LogP contribution in [0.2, 0.25) is 5.02 Å². The van der Waals surface area contributed by atoms with Crippen LogP contribution in [0.15, 0.2) is 29.4 Å². The number of carbonyl (C=O) groups is 2. The predicted molar refractivity (Wildman–Crippen MR) is 142 cm³/mol. The van der Waals surface area contributed by atoms with Crippen LogP contribution in [0.5, 0.6) is 5.75 Å². The summed E-state index contributed by atoms with van der Waals surface area (Å²) in [5.41, 5.74) is 1.53. The number of benzene rings is 1. The molecule has 1 aliphatic carbocycles. The fraction of sp³-hybridized carbons (Fsp3) is 0.440. The maximum atomic E-state index is 12.9. The fourth-order valence-electron chi connectivity index (χ4n) is 4.03. The van der Waals surface area contributed by atoms with E-state index in [0.717, 1.165) is 36.1 Å². The number of hydrogen-bond acceptors (Lipinski definition) is 8. The number of carbonyl (C=O) groups excluding carboxylic acids is 2. The molecule has 1 unspecified atom stereocenters. The largest absolute Gasteiger partial charge is 0.481 e. The van der Waals surface area contributed by atoms with Crippen LogP contribution in [-0.4, -0.2) is 38.5 Å². The monoisotopic (exact) mass is 548 g/mol. The average molecular weight is 549 g/mol. The van der Waals surface area contributed by atoms with E-state index in [1.165, 1.54) is 23.1 Å². The number of thioether (sulfide) groups is 1. The first-order valence-electron chi connectivity index (χ1n) is 11.8. The van der Waals surface area contributed by atoms with E-state index in [0.29, 0.717) is 32.3 Å². The number of halogens is 1. The number of aromatic nitrogens is 3. The number of anilines is 1. The van der Waals surface area contributed by atoms with Crippen LogP contribution in [0.4, 0.5) is 5.00 Å². The number of rotatable bonds is 9. The molecule has 0 spiro atoms. The minimum Gasteiger partial charge on any atom is -0.481 e. The summed E-state index contributed by atoms with van der Waals surface area (Å²) in [6.45, 7) is 5.51. The topological polar surface area (TPSA) is 95.3 Å². The molecule has 8 nitrogen and oxygen atoms in total. The van der Waals surface area contributed by atoms with Crippen molar-refractivity contribution in [1.82, 2.24) is 14.8 Å². The van der Waals surface area contributed by atoms with Crippen LogP contribution in [0.3, 0.4) is 0 Å². The molecule has 1 N–H and O–H groups in total. The highest BCUT2D eigenvalue weighted by Crippen LogP contribution is 2.39. The molecule has 2 aromatic heterocycles. The predicted octanol–water partition coefficient (Wildman–Crippen LogP) is 5.84. The van der Waals surface area contributed by atoms with Crippen LogP contribution in [0, 0.1) is 0 Å². The Hall–Kier alpha value is -2.56. The molecule has 0 saturated carbocycles. The highest BCUT2D eigenvalue weighted by Gasteiger charge is 2.28. The fourth-order valence-corrected chi connectivity index (χ4v) is 6.22. The lowest BCUT2D eigenvalue weighted by Gasteiger charge is -2.15. The van der Waals surface area contributed by atoms with Gasteiger partial charge in [0.15, 0.2) is 17.1 Å². The number of fused-ring (bicyclic) bond motifs is 1. The number of aryl methyl sites for hydroxylation is 1. The lowest BCUT2D eigenvalue weighted by atomic mass is 9.95. The van der Waals surface area contributed by atoms with Gasteiger partial charge in [-0.2, -0.15) is 0 Å². The number of ether oxygens (including phenoxy) is 2. The summed E-state index contributed by atoms with van der Waals surface area (Å²) in [6.07, 6.45) is 3.24. The molecular weight excluding hydrogens is 520 g/mol. The zero-order chi connectivity index (χ0) is 25.8. The zero-order valence-corrected chi connectivity index (χ0v) is 23.1. The number of nitrogens with zero attached hydrogens (tertiary/aromatic N) is 3. The normalized spacial score (nSPS) is 13.8. The highest BCUT2D eigenvalue weighted by molar-refractivity contribution is 7.99. The highest BCUT2D eigenvalue weighted by atomic mass is 35.5. The van der Waals surface area contributed by atoms with Crippen molar-refractivity contribution in [3.63, 3.8) is 0 Å². The Labute approximate surface area is 223 Å². The average Bonchev–Trinajstić information content (AvgIpc) is 3.38. The van der Waals surface area contributed by atoms with Gasteiger partial charge in [-0.25, -0.2) is 4.79 Å². The van der Waals surface area contributed by atoms with Gasteiger partial charge in [0.25, 0.3) is 0 Å². The summed E-state index contributed by atoms with van der Waals surface area (Å²) in [5.74, 6) is 0.698. The van der Waals surface area contributed by atoms with Gasteiger partial charge in [0.05, 0.1) is 22.4 Å². The first-order valence-corrected chi connectivity index (χ1v) is 14.0. The summed E-state index contributed by atoms with van der Waals surface area (Å²) in [4.78, 5) is 26.8. The maximum Gasteiger partial charge on any atom is 0.341 e. The molecule has 3 aromatic rings. The number of thiophene rings is 1. The Morgan fingerprint density at radius 2 is 1.94 bits per heavy atom. The quantitative estimate of drug-likeness (QED) is 0.265. The van der Waals surface area contributed by atoms with Gasteiger partial charge in [0.1, 0.15) is 10.8 Å². The van der Waals surface area contributed by atoms with Gasteiger partial charge in [-0.05, 0) is 64.2 Å². The molecule has 36 heavy (non-hydrogen) atoms. The summed E-state index contributed by atoms with van der Waals surface area (Å²) in [7, 11) is 1.83. The molecule has 1 aromatic carbocycles. The van der Waals surface area contributed by atoms with Crippen molar-refractivity contribution in [3.8, 4) is 5.75 Å². The summed E-state index contributed by atoms with van der Waals surface area (Å²) in [5, 5.41) is 13.1. The zero-order valence-electron chi connectivity index (χ0n) is 20.7. The lowest BCUT2D eigenvalue weighted by Crippen LogP contribution is -2.19. The van der Waals surface area contributed by atoms with E-state index in [-0.39, 0.29) is 23.7 Å². The Morgan fingerprint density at radius 1 is 1.19 bits per heavy atom. The number of amides is 1. The van der Waals surface area contributed by atoms with Gasteiger partial charge >= 0.3 is 5.97 Å². The standard InChI is InChI=1S/C25H29ClN4O4S2/c1-14(2)33-24(32)21-16-9-5-8-12-19(16)36-23(21)27-20(31)13-35-25-29-28-22(30(25)4)15(3)34-18-11-7-6-10-17(18)26/h6-7,10-11,14-15H,5,8-9,12-13H2,1-4H3,(H,27,31). The van der Waals surface area contributed by atoms with Gasteiger partial charge in [-0.1, -0.05) is 35.5 Å². The van der Waals surface area contributed by atoms with E-state index in [9.17, 15) is 9.59 Å². The molecule has 1 atom stereocenters. The number of hydrogen-bond donors (Lipinski definition) is 1. The molecular formula is C25H29ClN4O4S2. The SMILES string of the molecule is CC(C)OC(=O)c1c(NC(=O)CSc2nnc(C(C)Oc3ccccc3Cl)n2C)sc2c1CCCC2. The Kier molecular flexibility index (Phi) is 8.58. The van der Waals surface area contributed by atoms with E-state index in [2.05, 4.69) is 15.5 Å². The minimum atomic E-state index is -0.391. The minimum absolute atomic E-state index is 0.118. The molecule has 192 valence electrons. The van der Waals surface area contributed by atoms with Crippen LogP contribution in [0.1, 0.15) is 66.3 Å². The molecule has 0 radical (unpaired) electrons. The van der Waals surface area contributed by atoms with Crippen molar-refractivity contribution < 1.29 is 19.1 Å². The van der Waals surface area contributed by atoms with Crippen LogP contribution in [-0.2, 0) is 29.4 Å². The van der Waals surface area contributed by atoms with Crippen molar-refractivity contribution in [1.29, 1.82) is 0 Å². The molecule has 0 fully saturated rings. The van der Waals surface area contributed by atoms with Gasteiger partial charge in [-0.3, -0.25) is 4.79 Å². The Balaban J connectivity index is 1.42. The van der Waals surface area contributed by atoms with Crippen molar-refractivity contribution in [2.24, 2.45) is 7.05 Å². The first-order chi connectivity index (χ1) is 17.2. The molecule has 0 bridgehead atoms. The van der Waals surface area contributed by atoms with Crippen molar-refractivity contribution >= 4 is 51.6 Å². The van der Waals surface area contributed by atoms with E-state index in [4.69, 9.17) is 21.1 Å². The third kappa shape index (κ3) is 6.04. The second-order valence-electron chi connectivity index (χ2n) is 8.80. The Bertz CT molecular complexity index is 1260. The Morgan fingerprint density at radius 3 is 2.69 bits per heavy atom. The van der Waals surface area contributed by atoms with Gasteiger partial charge in [-0.15, -0.1) is 21.5 Å². The molecule has 4 rings (SSSR count). The van der Waals surface area contributed by atoms with Crippen LogP contribution >= 0.6 is 34.7 Å². The molecule has 1 amide bonds. The van der Waals surface area contributed by atoms with Crippen molar-refractivity contribution in [2.45, 2.75) is 63.8 Å². The summed E-state index contributed by atoms with van der Waals surface area (Å²) >= 11 is 8.94. The van der Waals surface area contributed by atoms with Gasteiger partial charge in [0, 0.05) is 11.9 Å². The number of nitrogens with one attached hydrogen (secondary N) is 1. The van der Waals surface area contributed by atoms with E-state index in [1.807, 2.05) is 40.0 Å². The summed E-state index contributed by atoms with van der Waals surface area (Å²) < 4.78 is 13.2. The first kappa shape index (κ1) is 26.5. The second-order valence-corrected chi connectivity index (χ2v) is 11.3. The molecule has 0 saturated heterocycles. The van der Waals surface area contributed by atoms with E-state index in [1.54, 1.807) is 16.7 Å².